The second kappa shape index (κ2) is 4.98. The summed E-state index contributed by atoms with van der Waals surface area (Å²) in [4.78, 5) is 8.88. The van der Waals surface area contributed by atoms with Crippen molar-refractivity contribution in [1.82, 2.24) is 25.1 Å². The van der Waals surface area contributed by atoms with Crippen LogP contribution in [0.1, 0.15) is 50.9 Å². The summed E-state index contributed by atoms with van der Waals surface area (Å²) < 4.78 is 1.82. The molecular weight excluding hydrogens is 250 g/mol. The van der Waals surface area contributed by atoms with Crippen LogP contribution in [0.25, 0.3) is 5.82 Å². The first-order valence-corrected chi connectivity index (χ1v) is 7.13. The zero-order valence-electron chi connectivity index (χ0n) is 12.3. The fourth-order valence-corrected chi connectivity index (χ4v) is 2.01. The molecule has 0 radical (unpaired) electrons. The van der Waals surface area contributed by atoms with E-state index in [-0.39, 0.29) is 5.54 Å². The van der Waals surface area contributed by atoms with Crippen LogP contribution in [0.15, 0.2) is 24.7 Å². The Balaban J connectivity index is 1.75. The Hall–Kier alpha value is -1.75. The average molecular weight is 271 g/mol. The molecule has 1 aliphatic carbocycles. The number of aromatic nitrogens is 4. The Labute approximate surface area is 119 Å². The molecule has 0 saturated heterocycles. The molecule has 0 aliphatic heterocycles. The molecule has 0 spiro atoms. The van der Waals surface area contributed by atoms with E-state index >= 15 is 0 Å². The van der Waals surface area contributed by atoms with Crippen molar-refractivity contribution in [2.24, 2.45) is 0 Å². The van der Waals surface area contributed by atoms with Gasteiger partial charge in [-0.1, -0.05) is 0 Å². The predicted octanol–water partition coefficient (Wildman–Crippen LogP) is 2.43. The molecule has 20 heavy (non-hydrogen) atoms. The van der Waals surface area contributed by atoms with Gasteiger partial charge in [-0.25, -0.2) is 9.67 Å². The van der Waals surface area contributed by atoms with Gasteiger partial charge in [0.1, 0.15) is 0 Å². The lowest BCUT2D eigenvalue weighted by molar-refractivity contribution is 0.420. The zero-order chi connectivity index (χ0) is 14.2. The van der Waals surface area contributed by atoms with Gasteiger partial charge in [-0.05, 0) is 39.7 Å². The maximum atomic E-state index is 4.61. The van der Waals surface area contributed by atoms with E-state index in [1.165, 1.54) is 18.5 Å². The molecule has 1 saturated carbocycles. The van der Waals surface area contributed by atoms with E-state index in [0.717, 1.165) is 11.5 Å². The van der Waals surface area contributed by atoms with Crippen LogP contribution in [-0.4, -0.2) is 25.3 Å². The Morgan fingerprint density at radius 1 is 1.30 bits per heavy atom. The molecule has 5 heteroatoms. The summed E-state index contributed by atoms with van der Waals surface area (Å²) in [6.07, 6.45) is 8.05. The van der Waals surface area contributed by atoms with Crippen molar-refractivity contribution in [3.63, 3.8) is 0 Å². The van der Waals surface area contributed by atoms with E-state index in [2.05, 4.69) is 47.2 Å². The lowest BCUT2D eigenvalue weighted by Crippen LogP contribution is -2.35. The molecule has 1 aliphatic rings. The first kappa shape index (κ1) is 13.2. The fraction of sp³-hybridized carbons (Fsp3) is 0.533. The highest BCUT2D eigenvalue weighted by molar-refractivity contribution is 5.22. The van der Waals surface area contributed by atoms with Gasteiger partial charge < -0.3 is 5.32 Å². The van der Waals surface area contributed by atoms with E-state index in [9.17, 15) is 0 Å². The largest absolute Gasteiger partial charge is 0.306 e. The van der Waals surface area contributed by atoms with E-state index < -0.39 is 0 Å². The number of rotatable bonds is 4. The van der Waals surface area contributed by atoms with Gasteiger partial charge in [-0.3, -0.25) is 4.98 Å². The average Bonchev–Trinajstić information content (AvgIpc) is 3.14. The number of nitrogens with one attached hydrogen (secondary N) is 1. The highest BCUT2D eigenvalue weighted by Gasteiger charge is 2.26. The minimum Gasteiger partial charge on any atom is -0.306 e. The zero-order valence-corrected chi connectivity index (χ0v) is 12.3. The monoisotopic (exact) mass is 271 g/mol. The molecule has 5 nitrogen and oxygen atoms in total. The molecule has 0 unspecified atom stereocenters. The van der Waals surface area contributed by atoms with Crippen LogP contribution >= 0.6 is 0 Å². The van der Waals surface area contributed by atoms with Crippen molar-refractivity contribution in [1.29, 1.82) is 0 Å². The van der Waals surface area contributed by atoms with Gasteiger partial charge in [0.15, 0.2) is 5.82 Å². The SMILES string of the molecule is CC(C)(C)NCc1cncc(-n2ccc(C3CC3)n2)n1. The van der Waals surface area contributed by atoms with Gasteiger partial charge >= 0.3 is 0 Å². The first-order valence-electron chi connectivity index (χ1n) is 7.13. The maximum Gasteiger partial charge on any atom is 0.172 e. The highest BCUT2D eigenvalue weighted by atomic mass is 15.3. The fourth-order valence-electron chi connectivity index (χ4n) is 2.01. The summed E-state index contributed by atoms with van der Waals surface area (Å²) in [6.45, 7) is 7.13. The second-order valence-corrected chi connectivity index (χ2v) is 6.43. The van der Waals surface area contributed by atoms with Gasteiger partial charge in [-0.15, -0.1) is 0 Å². The van der Waals surface area contributed by atoms with E-state index in [1.54, 1.807) is 12.4 Å². The van der Waals surface area contributed by atoms with Crippen molar-refractivity contribution >= 4 is 0 Å². The topological polar surface area (TPSA) is 55.6 Å². The summed E-state index contributed by atoms with van der Waals surface area (Å²) in [7, 11) is 0. The molecule has 106 valence electrons. The lowest BCUT2D eigenvalue weighted by Gasteiger charge is -2.20. The minimum atomic E-state index is 0.0720. The standard InChI is InChI=1S/C15H21N5/c1-15(2,3)17-9-12-8-16-10-14(18-12)20-7-6-13(19-20)11-4-5-11/h6-8,10-11,17H,4-5,9H2,1-3H3. The summed E-state index contributed by atoms with van der Waals surface area (Å²) in [5.41, 5.74) is 2.17. The van der Waals surface area contributed by atoms with Crippen LogP contribution < -0.4 is 5.32 Å². The molecule has 0 amide bonds. The van der Waals surface area contributed by atoms with E-state index in [4.69, 9.17) is 0 Å². The molecule has 0 aromatic carbocycles. The second-order valence-electron chi connectivity index (χ2n) is 6.43. The Morgan fingerprint density at radius 3 is 2.80 bits per heavy atom. The normalized spacial score (nSPS) is 15.6. The lowest BCUT2D eigenvalue weighted by atomic mass is 10.1. The number of nitrogens with zero attached hydrogens (tertiary/aromatic N) is 4. The van der Waals surface area contributed by atoms with Crippen molar-refractivity contribution in [3.8, 4) is 5.82 Å². The third-order valence-corrected chi connectivity index (χ3v) is 3.31. The summed E-state index contributed by atoms with van der Waals surface area (Å²) >= 11 is 0. The summed E-state index contributed by atoms with van der Waals surface area (Å²) in [5, 5.41) is 8.00. The highest BCUT2D eigenvalue weighted by Crippen LogP contribution is 2.38. The number of hydrogen-bond acceptors (Lipinski definition) is 4. The molecule has 1 N–H and O–H groups in total. The molecule has 1 fully saturated rings. The summed E-state index contributed by atoms with van der Waals surface area (Å²) in [6, 6.07) is 2.08. The van der Waals surface area contributed by atoms with Crippen LogP contribution in [0.2, 0.25) is 0 Å². The van der Waals surface area contributed by atoms with Crippen LogP contribution in [0.5, 0.6) is 0 Å². The maximum absolute atomic E-state index is 4.61. The van der Waals surface area contributed by atoms with Gasteiger partial charge in [0.2, 0.25) is 0 Å². The predicted molar refractivity (Wildman–Crippen MR) is 77.7 cm³/mol. The van der Waals surface area contributed by atoms with E-state index in [0.29, 0.717) is 12.5 Å². The van der Waals surface area contributed by atoms with E-state index in [1.807, 2.05) is 10.9 Å². The van der Waals surface area contributed by atoms with Gasteiger partial charge in [-0.2, -0.15) is 5.10 Å². The molecule has 0 atom stereocenters. The van der Waals surface area contributed by atoms with Crippen molar-refractivity contribution in [2.75, 3.05) is 0 Å². The van der Waals surface area contributed by atoms with Crippen LogP contribution in [0, 0.1) is 0 Å². The quantitative estimate of drug-likeness (QED) is 0.928. The molecule has 2 aromatic heterocycles. The third kappa shape index (κ3) is 3.22. The van der Waals surface area contributed by atoms with Gasteiger partial charge in [0.25, 0.3) is 0 Å². The Kier molecular flexibility index (Phi) is 3.30. The van der Waals surface area contributed by atoms with Gasteiger partial charge in [0.05, 0.1) is 17.6 Å². The molecule has 2 heterocycles. The van der Waals surface area contributed by atoms with Crippen molar-refractivity contribution in [2.45, 2.75) is 51.6 Å². The van der Waals surface area contributed by atoms with Gasteiger partial charge in [0, 0.05) is 30.4 Å². The van der Waals surface area contributed by atoms with Crippen LogP contribution in [-0.2, 0) is 6.54 Å². The summed E-state index contributed by atoms with van der Waals surface area (Å²) in [5.74, 6) is 1.44. The molecular formula is C15H21N5. The van der Waals surface area contributed by atoms with Crippen LogP contribution in [0.3, 0.4) is 0 Å². The van der Waals surface area contributed by atoms with Crippen molar-refractivity contribution in [3.05, 3.63) is 36.0 Å². The molecule has 3 rings (SSSR count). The van der Waals surface area contributed by atoms with Crippen LogP contribution in [0.4, 0.5) is 0 Å². The first-order chi connectivity index (χ1) is 9.51. The van der Waals surface area contributed by atoms with Crippen molar-refractivity contribution < 1.29 is 0 Å². The smallest absolute Gasteiger partial charge is 0.172 e. The molecule has 2 aromatic rings. The molecule has 0 bridgehead atoms. The third-order valence-electron chi connectivity index (χ3n) is 3.31. The Morgan fingerprint density at radius 2 is 2.10 bits per heavy atom. The number of hydrogen-bond donors (Lipinski definition) is 1. The Bertz CT molecular complexity index is 592. The minimum absolute atomic E-state index is 0.0720.